The van der Waals surface area contributed by atoms with Gasteiger partial charge in [-0.2, -0.15) is 0 Å². The van der Waals surface area contributed by atoms with Crippen molar-refractivity contribution in [1.29, 1.82) is 0 Å². The zero-order valence-electron chi connectivity index (χ0n) is 31.8. The van der Waals surface area contributed by atoms with E-state index >= 15 is 0 Å². The zero-order valence-corrected chi connectivity index (χ0v) is 31.8. The Morgan fingerprint density at radius 3 is 2.00 bits per heavy atom. The maximum absolute atomic E-state index is 13.2. The molecule has 1 aliphatic rings. The minimum atomic E-state index is -1.55. The van der Waals surface area contributed by atoms with Crippen LogP contribution in [0.3, 0.4) is 0 Å². The van der Waals surface area contributed by atoms with Crippen LogP contribution in [0, 0.1) is 11.8 Å². The molecule has 1 fully saturated rings. The number of carbonyl (C=O) groups is 7. The van der Waals surface area contributed by atoms with Crippen molar-refractivity contribution in [3.8, 4) is 0 Å². The number of rotatable bonds is 23. The van der Waals surface area contributed by atoms with Gasteiger partial charge in [0.25, 0.3) is 0 Å². The van der Waals surface area contributed by atoms with Crippen LogP contribution in [0.1, 0.15) is 104 Å². The number of unbranched alkanes of at least 4 members (excludes halogenated alkanes) is 8. The predicted octanol–water partition coefficient (Wildman–Crippen LogP) is 1.66. The third-order valence-electron chi connectivity index (χ3n) is 8.76. The van der Waals surface area contributed by atoms with Gasteiger partial charge in [-0.25, -0.2) is 4.79 Å². The van der Waals surface area contributed by atoms with Crippen LogP contribution in [0.4, 0.5) is 0 Å². The lowest BCUT2D eigenvalue weighted by molar-refractivity contribution is -0.151. The second-order valence-electron chi connectivity index (χ2n) is 13.5. The minimum absolute atomic E-state index is 0.205. The average Bonchev–Trinajstić information content (AvgIpc) is 3.13. The van der Waals surface area contributed by atoms with Gasteiger partial charge >= 0.3 is 11.9 Å². The number of nitrogens with one attached hydrogen (secondary N) is 5. The number of allylic oxidation sites excluding steroid dienone is 3. The first kappa shape index (κ1) is 47.5. The lowest BCUT2D eigenvalue weighted by Gasteiger charge is -2.26. The molecule has 54 heavy (non-hydrogen) atoms. The van der Waals surface area contributed by atoms with Gasteiger partial charge in [0.15, 0.2) is 6.04 Å². The van der Waals surface area contributed by atoms with E-state index in [0.717, 1.165) is 76.5 Å². The summed E-state index contributed by atoms with van der Waals surface area (Å²) in [6.45, 7) is 3.15. The average molecular weight is 764 g/mol. The summed E-state index contributed by atoms with van der Waals surface area (Å²) in [4.78, 5) is 87.4. The van der Waals surface area contributed by atoms with Crippen LogP contribution >= 0.6 is 0 Å². The number of carboxylic acid groups (broad SMARTS) is 1. The smallest absolute Gasteiger partial charge is 0.331 e. The Bertz CT molecular complexity index is 1300. The first-order valence-corrected chi connectivity index (χ1v) is 19.0. The molecule has 1 saturated heterocycles. The monoisotopic (exact) mass is 763 g/mol. The van der Waals surface area contributed by atoms with E-state index in [-0.39, 0.29) is 12.3 Å². The second kappa shape index (κ2) is 28.0. The van der Waals surface area contributed by atoms with Crippen molar-refractivity contribution in [2.45, 2.75) is 128 Å². The van der Waals surface area contributed by atoms with Crippen molar-refractivity contribution in [1.82, 2.24) is 26.6 Å². The predicted molar refractivity (Wildman–Crippen MR) is 200 cm³/mol. The van der Waals surface area contributed by atoms with Crippen LogP contribution in [0.25, 0.3) is 0 Å². The molecule has 5 amide bonds. The highest BCUT2D eigenvalue weighted by Crippen LogP contribution is 2.14. The van der Waals surface area contributed by atoms with Gasteiger partial charge in [-0.15, -0.1) is 0 Å². The third kappa shape index (κ3) is 20.0. The molecule has 0 aromatic rings. The summed E-state index contributed by atoms with van der Waals surface area (Å²) in [7, 11) is 0. The zero-order chi connectivity index (χ0) is 40.3. The molecule has 0 aromatic heterocycles. The normalized spacial score (nSPS) is 20.8. The Kier molecular flexibility index (Phi) is 24.6. The number of amides is 5. The van der Waals surface area contributed by atoms with Crippen LogP contribution in [-0.4, -0.2) is 101 Å². The van der Waals surface area contributed by atoms with Crippen molar-refractivity contribution in [3.63, 3.8) is 0 Å². The van der Waals surface area contributed by atoms with E-state index in [2.05, 4.69) is 38.7 Å². The number of aliphatic hydroxyl groups is 2. The molecule has 0 aromatic carbocycles. The SMILES string of the molecule is CCC(CCCCC=CCCCCCCCC=CC(=O)NC=CC(=O)NC1COC(=O)C(CO)NC(=O)C(CCO)NC(=O)C(C(C)C)NC1=O)C(=O)O. The molecule has 8 N–H and O–H groups in total. The number of aliphatic carboxylic acids is 1. The van der Waals surface area contributed by atoms with E-state index in [1.807, 2.05) is 6.92 Å². The number of hydrogen-bond donors (Lipinski definition) is 8. The van der Waals surface area contributed by atoms with Crippen LogP contribution in [0.2, 0.25) is 0 Å². The summed E-state index contributed by atoms with van der Waals surface area (Å²) in [6, 6.07) is -5.48. The summed E-state index contributed by atoms with van der Waals surface area (Å²) in [6.07, 6.45) is 20.6. The molecule has 5 unspecified atom stereocenters. The topological polar surface area (TPSA) is 250 Å². The second-order valence-corrected chi connectivity index (χ2v) is 13.5. The summed E-state index contributed by atoms with van der Waals surface area (Å²) >= 11 is 0. The fraction of sp³-hybridized carbons (Fsp3) is 0.658. The van der Waals surface area contributed by atoms with Gasteiger partial charge < -0.3 is 46.6 Å². The van der Waals surface area contributed by atoms with E-state index in [0.29, 0.717) is 12.8 Å². The summed E-state index contributed by atoms with van der Waals surface area (Å²) < 4.78 is 5.12. The molecule has 0 aliphatic carbocycles. The van der Waals surface area contributed by atoms with E-state index in [9.17, 15) is 43.8 Å². The molecular weight excluding hydrogens is 702 g/mol. The van der Waals surface area contributed by atoms with Gasteiger partial charge in [0, 0.05) is 18.9 Å². The van der Waals surface area contributed by atoms with Gasteiger partial charge in [-0.05, 0) is 69.8 Å². The fourth-order valence-electron chi connectivity index (χ4n) is 5.45. The highest BCUT2D eigenvalue weighted by atomic mass is 16.5. The van der Waals surface area contributed by atoms with Crippen molar-refractivity contribution < 1.29 is 53.6 Å². The fourth-order valence-corrected chi connectivity index (χ4v) is 5.45. The van der Waals surface area contributed by atoms with Crippen molar-refractivity contribution in [2.24, 2.45) is 11.8 Å². The van der Waals surface area contributed by atoms with E-state index in [1.54, 1.807) is 19.9 Å². The largest absolute Gasteiger partial charge is 0.481 e. The molecule has 0 spiro atoms. The molecule has 16 nitrogen and oxygen atoms in total. The van der Waals surface area contributed by atoms with Crippen LogP contribution in [0.5, 0.6) is 0 Å². The van der Waals surface area contributed by atoms with Crippen LogP contribution in [-0.2, 0) is 38.3 Å². The molecule has 0 saturated carbocycles. The number of aliphatic hydroxyl groups excluding tert-OH is 2. The van der Waals surface area contributed by atoms with E-state index in [4.69, 9.17) is 9.84 Å². The molecule has 5 atom stereocenters. The number of ether oxygens (including phenoxy) is 1. The first-order chi connectivity index (χ1) is 25.8. The number of carboxylic acids is 1. The van der Waals surface area contributed by atoms with E-state index < -0.39 is 91.4 Å². The Labute approximate surface area is 318 Å². The molecular formula is C38H61N5O11. The Balaban J connectivity index is 2.51. The summed E-state index contributed by atoms with van der Waals surface area (Å²) in [5.74, 6) is -6.28. The van der Waals surface area contributed by atoms with Crippen molar-refractivity contribution in [2.75, 3.05) is 19.8 Å². The van der Waals surface area contributed by atoms with Crippen molar-refractivity contribution in [3.05, 3.63) is 36.6 Å². The number of cyclic esters (lactones) is 1. The van der Waals surface area contributed by atoms with E-state index in [1.165, 1.54) is 6.08 Å². The molecule has 304 valence electrons. The molecule has 0 radical (unpaired) electrons. The Morgan fingerprint density at radius 2 is 1.41 bits per heavy atom. The lowest BCUT2D eigenvalue weighted by Crippen LogP contribution is -2.59. The molecule has 1 aliphatic heterocycles. The summed E-state index contributed by atoms with van der Waals surface area (Å²) in [5, 5.41) is 40.1. The van der Waals surface area contributed by atoms with Gasteiger partial charge in [0.05, 0.1) is 12.5 Å². The van der Waals surface area contributed by atoms with Gasteiger partial charge in [-0.1, -0.05) is 64.7 Å². The minimum Gasteiger partial charge on any atom is -0.481 e. The van der Waals surface area contributed by atoms with Gasteiger partial charge in [0.2, 0.25) is 29.5 Å². The quantitative estimate of drug-likeness (QED) is 0.0322. The van der Waals surface area contributed by atoms with Crippen LogP contribution < -0.4 is 26.6 Å². The number of carbonyl (C=O) groups excluding carboxylic acids is 6. The van der Waals surface area contributed by atoms with Crippen molar-refractivity contribution >= 4 is 41.5 Å². The van der Waals surface area contributed by atoms with Crippen LogP contribution in [0.15, 0.2) is 36.6 Å². The molecule has 1 rings (SSSR count). The standard InChI is InChI=1S/C38H61N5O11/c1-4-27(37(51)52)18-16-14-12-10-8-6-5-7-9-11-13-15-17-19-31(46)39-22-20-32(47)40-30-25-54-38(53)29(24-45)42-34(48)28(21-23-44)41-36(50)33(26(2)3)43-35(30)49/h8,10,17,19-20,22,26-30,33,44-45H,4-7,9,11-16,18,21,23-25H2,1-3H3,(H,39,46)(H,40,47)(H,41,50)(H,42,48)(H,43,49)(H,51,52). The van der Waals surface area contributed by atoms with Gasteiger partial charge in [-0.3, -0.25) is 28.8 Å². The maximum atomic E-state index is 13.2. The Hall–Kier alpha value is -4.57. The van der Waals surface area contributed by atoms with Gasteiger partial charge in [0.1, 0.15) is 24.7 Å². The molecule has 0 bridgehead atoms. The Morgan fingerprint density at radius 1 is 0.796 bits per heavy atom. The number of esters is 1. The third-order valence-corrected chi connectivity index (χ3v) is 8.76. The lowest BCUT2D eigenvalue weighted by atomic mass is 9.99. The molecule has 1 heterocycles. The molecule has 16 heteroatoms. The number of hydrogen-bond acceptors (Lipinski definition) is 10. The first-order valence-electron chi connectivity index (χ1n) is 19.0. The highest BCUT2D eigenvalue weighted by Gasteiger charge is 2.34. The highest BCUT2D eigenvalue weighted by molar-refractivity contribution is 5.97. The summed E-state index contributed by atoms with van der Waals surface area (Å²) in [5.41, 5.74) is 0. The maximum Gasteiger partial charge on any atom is 0.331 e.